The maximum Gasteiger partial charge on any atom is 0.258 e. The third kappa shape index (κ3) is 3.58. The van der Waals surface area contributed by atoms with E-state index in [2.05, 4.69) is 5.32 Å². The minimum Gasteiger partial charge on any atom is -0.496 e. The summed E-state index contributed by atoms with van der Waals surface area (Å²) in [6, 6.07) is 11.4. The lowest BCUT2D eigenvalue weighted by Gasteiger charge is -2.10. The SMILES string of the molecule is COc1cccc(F)c1C(=O)NCc1ccc(CO)cc1. The van der Waals surface area contributed by atoms with Gasteiger partial charge in [-0.1, -0.05) is 30.3 Å². The zero-order valence-electron chi connectivity index (χ0n) is 11.6. The van der Waals surface area contributed by atoms with Gasteiger partial charge in [0, 0.05) is 6.54 Å². The van der Waals surface area contributed by atoms with Crippen LogP contribution in [0.5, 0.6) is 5.75 Å². The highest BCUT2D eigenvalue weighted by Gasteiger charge is 2.16. The molecule has 0 aliphatic heterocycles. The van der Waals surface area contributed by atoms with Gasteiger partial charge in [-0.15, -0.1) is 0 Å². The second-order valence-electron chi connectivity index (χ2n) is 4.47. The minimum atomic E-state index is -0.623. The van der Waals surface area contributed by atoms with Gasteiger partial charge >= 0.3 is 0 Å². The van der Waals surface area contributed by atoms with Gasteiger partial charge in [0.2, 0.25) is 0 Å². The summed E-state index contributed by atoms with van der Waals surface area (Å²) in [7, 11) is 1.39. The number of ether oxygens (including phenoxy) is 1. The fourth-order valence-corrected chi connectivity index (χ4v) is 1.93. The van der Waals surface area contributed by atoms with Crippen molar-refractivity contribution in [3.63, 3.8) is 0 Å². The third-order valence-electron chi connectivity index (χ3n) is 3.08. The second kappa shape index (κ2) is 6.85. The van der Waals surface area contributed by atoms with Gasteiger partial charge in [-0.3, -0.25) is 4.79 Å². The minimum absolute atomic E-state index is 0.0287. The molecule has 0 unspecified atom stereocenters. The molecule has 0 bridgehead atoms. The van der Waals surface area contributed by atoms with E-state index in [-0.39, 0.29) is 24.5 Å². The Hall–Kier alpha value is -2.40. The van der Waals surface area contributed by atoms with Crippen LogP contribution in [-0.2, 0) is 13.2 Å². The predicted molar refractivity (Wildman–Crippen MR) is 76.5 cm³/mol. The number of carbonyl (C=O) groups is 1. The van der Waals surface area contributed by atoms with Gasteiger partial charge in [0.15, 0.2) is 0 Å². The van der Waals surface area contributed by atoms with Crippen molar-refractivity contribution in [3.8, 4) is 5.75 Å². The summed E-state index contributed by atoms with van der Waals surface area (Å²) in [6.07, 6.45) is 0. The molecule has 4 nitrogen and oxygen atoms in total. The Balaban J connectivity index is 2.08. The quantitative estimate of drug-likeness (QED) is 0.887. The van der Waals surface area contributed by atoms with Gasteiger partial charge in [0.25, 0.3) is 5.91 Å². The number of hydrogen-bond acceptors (Lipinski definition) is 3. The summed E-state index contributed by atoms with van der Waals surface area (Å²) < 4.78 is 18.7. The Bertz CT molecular complexity index is 626. The van der Waals surface area contributed by atoms with Crippen LogP contribution in [0.1, 0.15) is 21.5 Å². The summed E-state index contributed by atoms with van der Waals surface area (Å²) in [6.45, 7) is 0.237. The molecular weight excluding hydrogens is 273 g/mol. The molecule has 110 valence electrons. The van der Waals surface area contributed by atoms with Gasteiger partial charge in [0.05, 0.1) is 13.7 Å². The van der Waals surface area contributed by atoms with Crippen LogP contribution < -0.4 is 10.1 Å². The fourth-order valence-electron chi connectivity index (χ4n) is 1.93. The molecule has 0 saturated heterocycles. The summed E-state index contributed by atoms with van der Waals surface area (Å²) >= 11 is 0. The maximum absolute atomic E-state index is 13.7. The van der Waals surface area contributed by atoms with Crippen LogP contribution in [0.2, 0.25) is 0 Å². The van der Waals surface area contributed by atoms with E-state index in [1.165, 1.54) is 25.3 Å². The molecule has 0 atom stereocenters. The van der Waals surface area contributed by atoms with Gasteiger partial charge in [-0.2, -0.15) is 0 Å². The summed E-state index contributed by atoms with van der Waals surface area (Å²) in [4.78, 5) is 12.1. The Morgan fingerprint density at radius 2 is 1.86 bits per heavy atom. The molecule has 2 aromatic carbocycles. The van der Waals surface area contributed by atoms with E-state index in [4.69, 9.17) is 9.84 Å². The largest absolute Gasteiger partial charge is 0.496 e. The van der Waals surface area contributed by atoms with Crippen LogP contribution in [0.4, 0.5) is 4.39 Å². The van der Waals surface area contributed by atoms with Crippen LogP contribution >= 0.6 is 0 Å². The fraction of sp³-hybridized carbons (Fsp3) is 0.188. The normalized spacial score (nSPS) is 10.2. The standard InChI is InChI=1S/C16H16FNO3/c1-21-14-4-2-3-13(17)15(14)16(20)18-9-11-5-7-12(10-19)8-6-11/h2-8,19H,9-10H2,1H3,(H,18,20). The van der Waals surface area contributed by atoms with Crippen molar-refractivity contribution in [1.82, 2.24) is 5.32 Å². The molecule has 0 aliphatic carbocycles. The highest BCUT2D eigenvalue weighted by Crippen LogP contribution is 2.21. The highest BCUT2D eigenvalue weighted by atomic mass is 19.1. The molecular formula is C16H16FNO3. The van der Waals surface area contributed by atoms with E-state index < -0.39 is 11.7 Å². The van der Waals surface area contributed by atoms with Crippen molar-refractivity contribution < 1.29 is 19.0 Å². The average molecular weight is 289 g/mol. The molecule has 0 fully saturated rings. The molecule has 0 aromatic heterocycles. The Kier molecular flexibility index (Phi) is 4.90. The van der Waals surface area contributed by atoms with Gasteiger partial charge < -0.3 is 15.2 Å². The van der Waals surface area contributed by atoms with E-state index in [0.717, 1.165) is 11.1 Å². The molecule has 0 spiro atoms. The van der Waals surface area contributed by atoms with Gasteiger partial charge in [-0.05, 0) is 23.3 Å². The van der Waals surface area contributed by atoms with Crippen molar-refractivity contribution in [1.29, 1.82) is 0 Å². The van der Waals surface area contributed by atoms with Crippen LogP contribution in [0.3, 0.4) is 0 Å². The zero-order chi connectivity index (χ0) is 15.2. The molecule has 2 N–H and O–H groups in total. The summed E-state index contributed by atoms with van der Waals surface area (Å²) in [5.74, 6) is -0.957. The third-order valence-corrected chi connectivity index (χ3v) is 3.08. The van der Waals surface area contributed by atoms with Crippen LogP contribution in [-0.4, -0.2) is 18.1 Å². The van der Waals surface area contributed by atoms with E-state index in [9.17, 15) is 9.18 Å². The number of hydrogen-bond donors (Lipinski definition) is 2. The molecule has 2 aromatic rings. The van der Waals surface area contributed by atoms with Crippen molar-refractivity contribution in [2.45, 2.75) is 13.2 Å². The summed E-state index contributed by atoms with van der Waals surface area (Å²) in [5, 5.41) is 11.6. The first-order valence-corrected chi connectivity index (χ1v) is 6.45. The van der Waals surface area contributed by atoms with Gasteiger partial charge in [-0.25, -0.2) is 4.39 Å². The van der Waals surface area contributed by atoms with E-state index >= 15 is 0 Å². The molecule has 5 heteroatoms. The molecule has 1 amide bonds. The maximum atomic E-state index is 13.7. The lowest BCUT2D eigenvalue weighted by atomic mass is 10.1. The van der Waals surface area contributed by atoms with Crippen LogP contribution in [0.25, 0.3) is 0 Å². The highest BCUT2D eigenvalue weighted by molar-refractivity contribution is 5.97. The monoisotopic (exact) mass is 289 g/mol. The van der Waals surface area contributed by atoms with Crippen LogP contribution in [0, 0.1) is 5.82 Å². The molecule has 2 rings (SSSR count). The number of carbonyl (C=O) groups excluding carboxylic acids is 1. The zero-order valence-corrected chi connectivity index (χ0v) is 11.6. The Morgan fingerprint density at radius 3 is 2.48 bits per heavy atom. The number of methoxy groups -OCH3 is 1. The lowest BCUT2D eigenvalue weighted by molar-refractivity contribution is 0.0943. The number of rotatable bonds is 5. The first kappa shape index (κ1) is 15.0. The smallest absolute Gasteiger partial charge is 0.258 e. The number of nitrogens with one attached hydrogen (secondary N) is 1. The first-order chi connectivity index (χ1) is 10.2. The van der Waals surface area contributed by atoms with Crippen molar-refractivity contribution >= 4 is 5.91 Å². The van der Waals surface area contributed by atoms with E-state index in [0.29, 0.717) is 0 Å². The van der Waals surface area contributed by atoms with E-state index in [1.54, 1.807) is 24.3 Å². The average Bonchev–Trinajstić information content (AvgIpc) is 2.52. The molecule has 0 saturated carbocycles. The second-order valence-corrected chi connectivity index (χ2v) is 4.47. The topological polar surface area (TPSA) is 58.6 Å². The number of aliphatic hydroxyl groups is 1. The lowest BCUT2D eigenvalue weighted by Crippen LogP contribution is -2.24. The molecule has 21 heavy (non-hydrogen) atoms. The molecule has 0 heterocycles. The number of halogens is 1. The number of benzene rings is 2. The first-order valence-electron chi connectivity index (χ1n) is 6.45. The van der Waals surface area contributed by atoms with Crippen molar-refractivity contribution in [3.05, 3.63) is 65.0 Å². The Labute approximate surface area is 122 Å². The number of amides is 1. The molecule has 0 radical (unpaired) electrons. The van der Waals surface area contributed by atoms with Crippen LogP contribution in [0.15, 0.2) is 42.5 Å². The Morgan fingerprint density at radius 1 is 1.19 bits per heavy atom. The van der Waals surface area contributed by atoms with E-state index in [1.807, 2.05) is 0 Å². The van der Waals surface area contributed by atoms with Crippen molar-refractivity contribution in [2.75, 3.05) is 7.11 Å². The predicted octanol–water partition coefficient (Wildman–Crippen LogP) is 2.26. The van der Waals surface area contributed by atoms with Gasteiger partial charge in [0.1, 0.15) is 17.1 Å². The number of aliphatic hydroxyl groups excluding tert-OH is 1. The summed E-state index contributed by atoms with van der Waals surface area (Å²) in [5.41, 5.74) is 1.55. The molecule has 0 aliphatic rings. The van der Waals surface area contributed by atoms with Crippen molar-refractivity contribution in [2.24, 2.45) is 0 Å².